The first-order chi connectivity index (χ1) is 13.6. The monoisotopic (exact) mass is 478 g/mol. The lowest BCUT2D eigenvalue weighted by atomic mass is 10.1. The van der Waals surface area contributed by atoms with Gasteiger partial charge in [-0.25, -0.2) is 22.0 Å². The maximum Gasteiger partial charge on any atom is 0.247 e. The Balaban J connectivity index is 2.92. The fourth-order valence-electron chi connectivity index (χ4n) is 2.17. The number of hydrogen-bond donors (Lipinski definition) is 0. The van der Waals surface area contributed by atoms with E-state index in [0.717, 1.165) is 37.1 Å². The van der Waals surface area contributed by atoms with E-state index in [2.05, 4.69) is 13.8 Å². The van der Waals surface area contributed by atoms with Gasteiger partial charge in [0.25, 0.3) is 0 Å². The molecule has 2 unspecified atom stereocenters. The van der Waals surface area contributed by atoms with Crippen LogP contribution in [-0.2, 0) is 26.6 Å². The lowest BCUT2D eigenvalue weighted by molar-refractivity contribution is 0.232. The highest BCUT2D eigenvalue weighted by molar-refractivity contribution is 8.67. The summed E-state index contributed by atoms with van der Waals surface area (Å²) < 4.78 is 79.5. The van der Waals surface area contributed by atoms with Gasteiger partial charge in [0, 0.05) is 11.3 Å². The minimum Gasteiger partial charge on any atom is -0.322 e. The quantitative estimate of drug-likeness (QED) is 0.125. The van der Waals surface area contributed by atoms with Crippen LogP contribution in [0.4, 0.5) is 22.0 Å². The van der Waals surface area contributed by atoms with Crippen molar-refractivity contribution in [1.82, 2.24) is 0 Å². The van der Waals surface area contributed by atoms with Gasteiger partial charge in [-0.3, -0.25) is 0 Å². The molecule has 2 nitrogen and oxygen atoms in total. The zero-order valence-electron chi connectivity index (χ0n) is 17.1. The standard InChI is InChI=1S/C19H28F5O2PS2/c1-5-12(3)7-9-25-27(28,26-10-8-13(4)6-2)29-11-14-15(20)17(22)19(24)18(23)16(14)21/h12-13H,5-11H2,1-4H3. The van der Waals surface area contributed by atoms with Gasteiger partial charge < -0.3 is 9.05 Å². The fraction of sp³-hybridized carbons (Fsp3) is 0.684. The van der Waals surface area contributed by atoms with Gasteiger partial charge in [0.2, 0.25) is 11.5 Å². The zero-order valence-corrected chi connectivity index (χ0v) is 19.6. The van der Waals surface area contributed by atoms with Gasteiger partial charge in [-0.1, -0.05) is 51.9 Å². The van der Waals surface area contributed by atoms with Crippen LogP contribution in [0.2, 0.25) is 0 Å². The Morgan fingerprint density at radius 1 is 0.793 bits per heavy atom. The second-order valence-corrected chi connectivity index (χ2v) is 13.3. The van der Waals surface area contributed by atoms with Crippen molar-refractivity contribution in [2.45, 2.75) is 59.1 Å². The molecule has 0 saturated carbocycles. The van der Waals surface area contributed by atoms with E-state index in [1.165, 1.54) is 0 Å². The summed E-state index contributed by atoms with van der Waals surface area (Å²) in [5, 5.41) is 0. The predicted octanol–water partition coefficient (Wildman–Crippen LogP) is 7.75. The number of halogens is 5. The molecule has 2 atom stereocenters. The molecule has 0 amide bonds. The van der Waals surface area contributed by atoms with Gasteiger partial charge in [0.1, 0.15) is 0 Å². The average molecular weight is 479 g/mol. The van der Waals surface area contributed by atoms with E-state index >= 15 is 0 Å². The summed E-state index contributed by atoms with van der Waals surface area (Å²) in [6, 6.07) is 0. The van der Waals surface area contributed by atoms with E-state index in [1.807, 2.05) is 13.8 Å². The maximum absolute atomic E-state index is 13.9. The fourth-order valence-corrected chi connectivity index (χ4v) is 6.27. The molecule has 0 aliphatic heterocycles. The molecular weight excluding hydrogens is 450 g/mol. The van der Waals surface area contributed by atoms with Crippen molar-refractivity contribution < 1.29 is 31.0 Å². The Labute approximate surface area is 178 Å². The van der Waals surface area contributed by atoms with Crippen molar-refractivity contribution in [2.24, 2.45) is 11.8 Å². The molecule has 1 aromatic carbocycles. The average Bonchev–Trinajstić information content (AvgIpc) is 2.70. The van der Waals surface area contributed by atoms with Gasteiger partial charge in [-0.15, -0.1) is 0 Å². The van der Waals surface area contributed by atoms with Crippen LogP contribution in [0.1, 0.15) is 58.9 Å². The molecule has 1 aromatic rings. The molecule has 0 heterocycles. The van der Waals surface area contributed by atoms with Crippen molar-refractivity contribution in [1.29, 1.82) is 0 Å². The van der Waals surface area contributed by atoms with Crippen LogP contribution in [0.5, 0.6) is 0 Å². The predicted molar refractivity (Wildman–Crippen MR) is 112 cm³/mol. The van der Waals surface area contributed by atoms with Crippen LogP contribution in [0.25, 0.3) is 0 Å². The van der Waals surface area contributed by atoms with Gasteiger partial charge in [0.05, 0.1) is 13.2 Å². The Morgan fingerprint density at radius 2 is 1.17 bits per heavy atom. The van der Waals surface area contributed by atoms with E-state index in [-0.39, 0.29) is 0 Å². The summed E-state index contributed by atoms with van der Waals surface area (Å²) >= 11 is 6.27. The molecule has 0 aromatic heterocycles. The van der Waals surface area contributed by atoms with Crippen LogP contribution < -0.4 is 0 Å². The zero-order chi connectivity index (χ0) is 22.2. The number of hydrogen-bond acceptors (Lipinski definition) is 4. The van der Waals surface area contributed by atoms with Gasteiger partial charge in [-0.2, -0.15) is 0 Å². The second kappa shape index (κ2) is 12.6. The Bertz CT molecular complexity index is 671. The molecule has 1 rings (SSSR count). The van der Waals surface area contributed by atoms with Crippen molar-refractivity contribution >= 4 is 28.9 Å². The minimum absolute atomic E-state index is 0.305. The van der Waals surface area contributed by atoms with Crippen LogP contribution in [-0.4, -0.2) is 13.2 Å². The molecule has 29 heavy (non-hydrogen) atoms. The number of benzene rings is 1. The van der Waals surface area contributed by atoms with Crippen LogP contribution in [0, 0.1) is 40.9 Å². The summed E-state index contributed by atoms with van der Waals surface area (Å²) in [6.07, 6.45) is 3.37. The molecule has 10 heteroatoms. The van der Waals surface area contributed by atoms with Gasteiger partial charge in [-0.05, 0) is 36.5 Å². The van der Waals surface area contributed by atoms with Gasteiger partial charge >= 0.3 is 0 Å². The SMILES string of the molecule is CCC(C)CCOP(=S)(OCCC(C)CC)SCc1c(F)c(F)c(F)c(F)c1F. The summed E-state index contributed by atoms with van der Waals surface area (Å²) in [4.78, 5) is 0. The van der Waals surface area contributed by atoms with E-state index in [9.17, 15) is 22.0 Å². The molecular formula is C19H28F5O2PS2. The highest BCUT2D eigenvalue weighted by Crippen LogP contribution is 2.62. The van der Waals surface area contributed by atoms with Crippen molar-refractivity contribution in [2.75, 3.05) is 13.2 Å². The molecule has 168 valence electrons. The lowest BCUT2D eigenvalue weighted by Crippen LogP contribution is -2.07. The molecule has 0 fully saturated rings. The van der Waals surface area contributed by atoms with E-state index in [4.69, 9.17) is 20.9 Å². The normalized spacial score (nSPS) is 15.9. The van der Waals surface area contributed by atoms with E-state index in [1.54, 1.807) is 0 Å². The molecule has 0 aliphatic carbocycles. The molecule has 0 N–H and O–H groups in total. The minimum atomic E-state index is -3.02. The first kappa shape index (κ1) is 26.8. The first-order valence-electron chi connectivity index (χ1n) is 9.60. The molecule has 0 spiro atoms. The molecule has 0 saturated heterocycles. The lowest BCUT2D eigenvalue weighted by Gasteiger charge is -2.23. The third kappa shape index (κ3) is 8.09. The van der Waals surface area contributed by atoms with Crippen molar-refractivity contribution in [3.8, 4) is 0 Å². The molecule has 0 bridgehead atoms. The van der Waals surface area contributed by atoms with Crippen LogP contribution >= 0.6 is 17.1 Å². The summed E-state index contributed by atoms with van der Waals surface area (Å²) in [7, 11) is 0. The second-order valence-electron chi connectivity index (χ2n) is 7.04. The topological polar surface area (TPSA) is 18.5 Å². The summed E-state index contributed by atoms with van der Waals surface area (Å²) in [5.74, 6) is -9.55. The first-order valence-corrected chi connectivity index (χ1v) is 13.8. The third-order valence-electron chi connectivity index (χ3n) is 4.78. The van der Waals surface area contributed by atoms with Crippen molar-refractivity contribution in [3.63, 3.8) is 0 Å². The van der Waals surface area contributed by atoms with Crippen LogP contribution in [0.15, 0.2) is 0 Å². The van der Waals surface area contributed by atoms with E-state index in [0.29, 0.717) is 25.0 Å². The smallest absolute Gasteiger partial charge is 0.247 e. The highest BCUT2D eigenvalue weighted by atomic mass is 32.9. The summed E-state index contributed by atoms with van der Waals surface area (Å²) in [6.45, 7) is 8.80. The summed E-state index contributed by atoms with van der Waals surface area (Å²) in [5.41, 5.74) is -3.94. The van der Waals surface area contributed by atoms with E-state index < -0.39 is 46.1 Å². The third-order valence-corrected chi connectivity index (χ3v) is 10.1. The Kier molecular flexibility index (Phi) is 11.7. The Morgan fingerprint density at radius 3 is 1.55 bits per heavy atom. The van der Waals surface area contributed by atoms with Crippen molar-refractivity contribution in [3.05, 3.63) is 34.6 Å². The molecule has 0 radical (unpaired) electrons. The largest absolute Gasteiger partial charge is 0.322 e. The van der Waals surface area contributed by atoms with Crippen LogP contribution in [0.3, 0.4) is 0 Å². The highest BCUT2D eigenvalue weighted by Gasteiger charge is 2.28. The Hall–Kier alpha value is -0.210. The maximum atomic E-state index is 13.9. The van der Waals surface area contributed by atoms with Gasteiger partial charge in [0.15, 0.2) is 23.3 Å². The molecule has 0 aliphatic rings. The number of rotatable bonds is 13.